The lowest BCUT2D eigenvalue weighted by molar-refractivity contribution is 0.206. The van der Waals surface area contributed by atoms with Crippen LogP contribution < -0.4 is 5.32 Å². The van der Waals surface area contributed by atoms with E-state index < -0.39 is 0 Å². The van der Waals surface area contributed by atoms with Gasteiger partial charge in [-0.3, -0.25) is 0 Å². The first kappa shape index (κ1) is 14.2. The summed E-state index contributed by atoms with van der Waals surface area (Å²) in [6.07, 6.45) is 5.13. The van der Waals surface area contributed by atoms with Gasteiger partial charge in [0, 0.05) is 22.6 Å². The summed E-state index contributed by atoms with van der Waals surface area (Å²) in [6.45, 7) is 5.56. The van der Waals surface area contributed by atoms with Crippen molar-refractivity contribution < 1.29 is 0 Å². The molecule has 0 spiro atoms. The molecular weight excluding hydrogens is 265 g/mol. The molecule has 0 bridgehead atoms. The lowest BCUT2D eigenvalue weighted by Crippen LogP contribution is -2.35. The minimum absolute atomic E-state index is 0.524. The summed E-state index contributed by atoms with van der Waals surface area (Å²) in [6, 6.07) is 6.34. The molecule has 0 atom stereocenters. The summed E-state index contributed by atoms with van der Waals surface area (Å²) >= 11 is 12.1. The van der Waals surface area contributed by atoms with Crippen LogP contribution in [0.15, 0.2) is 18.2 Å². The van der Waals surface area contributed by atoms with Crippen LogP contribution in [0.1, 0.15) is 45.1 Å². The molecule has 0 aromatic heterocycles. The second-order valence-corrected chi connectivity index (χ2v) is 6.90. The molecule has 3 heteroatoms. The Morgan fingerprint density at radius 3 is 2.50 bits per heavy atom. The van der Waals surface area contributed by atoms with Gasteiger partial charge in [-0.15, -0.1) is 0 Å². The van der Waals surface area contributed by atoms with Gasteiger partial charge in [-0.25, -0.2) is 0 Å². The van der Waals surface area contributed by atoms with E-state index in [0.717, 1.165) is 17.1 Å². The zero-order chi connectivity index (χ0) is 13.2. The molecule has 1 N–H and O–H groups in total. The SMILES string of the molecule is CC1(C)CCC(NCc2ccc(Cl)cc2Cl)CC1. The van der Waals surface area contributed by atoms with Crippen molar-refractivity contribution in [2.24, 2.45) is 5.41 Å². The van der Waals surface area contributed by atoms with E-state index >= 15 is 0 Å². The zero-order valence-electron chi connectivity index (χ0n) is 11.1. The molecule has 0 heterocycles. The topological polar surface area (TPSA) is 12.0 Å². The fourth-order valence-corrected chi connectivity index (χ4v) is 3.00. The van der Waals surface area contributed by atoms with Crippen LogP contribution in [0.5, 0.6) is 0 Å². The summed E-state index contributed by atoms with van der Waals surface area (Å²) in [5, 5.41) is 5.06. The predicted octanol–water partition coefficient (Wildman–Crippen LogP) is 5.05. The molecule has 1 nitrogen and oxygen atoms in total. The van der Waals surface area contributed by atoms with Gasteiger partial charge < -0.3 is 5.32 Å². The lowest BCUT2D eigenvalue weighted by Gasteiger charge is -2.34. The summed E-state index contributed by atoms with van der Waals surface area (Å²) in [4.78, 5) is 0. The fraction of sp³-hybridized carbons (Fsp3) is 0.600. The highest BCUT2D eigenvalue weighted by Crippen LogP contribution is 2.35. The van der Waals surface area contributed by atoms with Gasteiger partial charge in [-0.1, -0.05) is 43.1 Å². The van der Waals surface area contributed by atoms with Crippen LogP contribution in [-0.2, 0) is 6.54 Å². The monoisotopic (exact) mass is 285 g/mol. The predicted molar refractivity (Wildman–Crippen MR) is 79.3 cm³/mol. The van der Waals surface area contributed by atoms with Gasteiger partial charge >= 0.3 is 0 Å². The quantitative estimate of drug-likeness (QED) is 0.819. The van der Waals surface area contributed by atoms with E-state index in [1.54, 1.807) is 0 Å². The molecule has 1 fully saturated rings. The number of halogens is 2. The van der Waals surface area contributed by atoms with Crippen LogP contribution in [0, 0.1) is 5.41 Å². The number of hydrogen-bond donors (Lipinski definition) is 1. The molecule has 1 aromatic carbocycles. The van der Waals surface area contributed by atoms with E-state index in [9.17, 15) is 0 Å². The van der Waals surface area contributed by atoms with Gasteiger partial charge in [-0.2, -0.15) is 0 Å². The Labute approximate surface area is 120 Å². The lowest BCUT2D eigenvalue weighted by atomic mass is 9.75. The molecule has 0 amide bonds. The molecule has 1 aromatic rings. The van der Waals surface area contributed by atoms with E-state index in [-0.39, 0.29) is 0 Å². The highest BCUT2D eigenvalue weighted by atomic mass is 35.5. The van der Waals surface area contributed by atoms with Crippen LogP contribution in [0.2, 0.25) is 10.0 Å². The highest BCUT2D eigenvalue weighted by molar-refractivity contribution is 6.35. The maximum absolute atomic E-state index is 6.17. The first-order valence-electron chi connectivity index (χ1n) is 6.64. The number of benzene rings is 1. The standard InChI is InChI=1S/C15H21Cl2N/c1-15(2)7-5-13(6-8-15)18-10-11-3-4-12(16)9-14(11)17/h3-4,9,13,18H,5-8,10H2,1-2H3. The Morgan fingerprint density at radius 1 is 1.22 bits per heavy atom. The second-order valence-electron chi connectivity index (χ2n) is 6.06. The number of rotatable bonds is 3. The highest BCUT2D eigenvalue weighted by Gasteiger charge is 2.26. The van der Waals surface area contributed by atoms with Gasteiger partial charge in [-0.05, 0) is 48.8 Å². The Balaban J connectivity index is 1.85. The smallest absolute Gasteiger partial charge is 0.0465 e. The molecule has 0 aliphatic heterocycles. The van der Waals surface area contributed by atoms with E-state index in [0.29, 0.717) is 16.5 Å². The third-order valence-corrected chi connectivity index (χ3v) is 4.52. The minimum Gasteiger partial charge on any atom is -0.310 e. The Hall–Kier alpha value is -0.240. The van der Waals surface area contributed by atoms with Gasteiger partial charge in [0.2, 0.25) is 0 Å². The Bertz CT molecular complexity index is 405. The molecule has 1 aliphatic carbocycles. The minimum atomic E-state index is 0.524. The van der Waals surface area contributed by atoms with Crippen LogP contribution in [0.4, 0.5) is 0 Å². The van der Waals surface area contributed by atoms with Crippen molar-refractivity contribution in [1.82, 2.24) is 5.32 Å². The molecule has 18 heavy (non-hydrogen) atoms. The van der Waals surface area contributed by atoms with Crippen LogP contribution >= 0.6 is 23.2 Å². The maximum Gasteiger partial charge on any atom is 0.0465 e. The Morgan fingerprint density at radius 2 is 1.89 bits per heavy atom. The third-order valence-electron chi connectivity index (χ3n) is 3.94. The van der Waals surface area contributed by atoms with E-state index in [4.69, 9.17) is 23.2 Å². The maximum atomic E-state index is 6.17. The molecule has 0 saturated heterocycles. The zero-order valence-corrected chi connectivity index (χ0v) is 12.6. The van der Waals surface area contributed by atoms with Crippen LogP contribution in [-0.4, -0.2) is 6.04 Å². The molecule has 1 aliphatic rings. The summed E-state index contributed by atoms with van der Waals surface area (Å²) in [7, 11) is 0. The van der Waals surface area contributed by atoms with Crippen LogP contribution in [0.3, 0.4) is 0 Å². The third kappa shape index (κ3) is 3.88. The van der Waals surface area contributed by atoms with Crippen molar-refractivity contribution in [3.63, 3.8) is 0 Å². The molecule has 1 saturated carbocycles. The van der Waals surface area contributed by atoms with Crippen molar-refractivity contribution in [3.8, 4) is 0 Å². The fourth-order valence-electron chi connectivity index (χ4n) is 2.52. The van der Waals surface area contributed by atoms with Crippen molar-refractivity contribution >= 4 is 23.2 Å². The average molecular weight is 286 g/mol. The van der Waals surface area contributed by atoms with Gasteiger partial charge in [0.15, 0.2) is 0 Å². The summed E-state index contributed by atoms with van der Waals surface area (Å²) in [5.74, 6) is 0. The molecule has 0 unspecified atom stereocenters. The molecule has 100 valence electrons. The van der Waals surface area contributed by atoms with Crippen molar-refractivity contribution in [2.75, 3.05) is 0 Å². The van der Waals surface area contributed by atoms with Crippen molar-refractivity contribution in [1.29, 1.82) is 0 Å². The van der Waals surface area contributed by atoms with E-state index in [2.05, 4.69) is 19.2 Å². The van der Waals surface area contributed by atoms with E-state index in [1.165, 1.54) is 25.7 Å². The molecular formula is C15H21Cl2N. The van der Waals surface area contributed by atoms with Crippen LogP contribution in [0.25, 0.3) is 0 Å². The van der Waals surface area contributed by atoms with Gasteiger partial charge in [0.25, 0.3) is 0 Å². The summed E-state index contributed by atoms with van der Waals surface area (Å²) < 4.78 is 0. The summed E-state index contributed by atoms with van der Waals surface area (Å²) in [5.41, 5.74) is 1.65. The second kappa shape index (κ2) is 5.81. The Kier molecular flexibility index (Phi) is 4.58. The van der Waals surface area contributed by atoms with Crippen molar-refractivity contribution in [2.45, 2.75) is 52.1 Å². The number of hydrogen-bond acceptors (Lipinski definition) is 1. The first-order chi connectivity index (χ1) is 8.46. The molecule has 2 rings (SSSR count). The van der Waals surface area contributed by atoms with E-state index in [1.807, 2.05) is 18.2 Å². The average Bonchev–Trinajstić information content (AvgIpc) is 2.29. The largest absolute Gasteiger partial charge is 0.310 e. The normalized spacial score (nSPS) is 20.0. The first-order valence-corrected chi connectivity index (χ1v) is 7.39. The molecule has 0 radical (unpaired) electrons. The van der Waals surface area contributed by atoms with Gasteiger partial charge in [0.1, 0.15) is 0 Å². The number of nitrogens with one attached hydrogen (secondary N) is 1. The van der Waals surface area contributed by atoms with Gasteiger partial charge in [0.05, 0.1) is 0 Å². The van der Waals surface area contributed by atoms with Crippen molar-refractivity contribution in [3.05, 3.63) is 33.8 Å².